The molecule has 0 amide bonds. The number of hydrogen-bond acceptors (Lipinski definition) is 3. The molecule has 1 heterocycles. The Hall–Kier alpha value is -0.640. The van der Waals surface area contributed by atoms with Crippen molar-refractivity contribution in [1.82, 2.24) is 4.57 Å². The van der Waals surface area contributed by atoms with E-state index in [1.165, 1.54) is 89.9 Å². The second kappa shape index (κ2) is 18.9. The molecular formula is C25H50N2O3P+. The molecule has 0 N–H and O–H groups in total. The molecular weight excluding hydrogens is 407 g/mol. The lowest BCUT2D eigenvalue weighted by Gasteiger charge is -2.15. The van der Waals surface area contributed by atoms with E-state index in [1.807, 2.05) is 20.0 Å². The largest absolute Gasteiger partial charge is 0.334 e. The molecule has 0 aliphatic carbocycles. The summed E-state index contributed by atoms with van der Waals surface area (Å²) in [5, 5.41) is 0. The Labute approximate surface area is 192 Å². The minimum Gasteiger partial charge on any atom is -0.309 e. The van der Waals surface area contributed by atoms with Crippen molar-refractivity contribution in [2.24, 2.45) is 0 Å². The molecule has 0 aliphatic heterocycles. The highest BCUT2D eigenvalue weighted by molar-refractivity contribution is 7.53. The van der Waals surface area contributed by atoms with Crippen LogP contribution in [0.5, 0.6) is 0 Å². The second-order valence-corrected chi connectivity index (χ2v) is 10.8. The quantitative estimate of drug-likeness (QED) is 0.103. The zero-order valence-corrected chi connectivity index (χ0v) is 21.6. The van der Waals surface area contributed by atoms with Crippen LogP contribution in [0, 0.1) is 0 Å². The van der Waals surface area contributed by atoms with Crippen LogP contribution in [0.3, 0.4) is 0 Å². The van der Waals surface area contributed by atoms with Crippen LogP contribution in [-0.4, -0.2) is 23.9 Å². The molecule has 31 heavy (non-hydrogen) atoms. The third-order valence-electron chi connectivity index (χ3n) is 5.80. The molecule has 0 aliphatic rings. The van der Waals surface area contributed by atoms with Gasteiger partial charge in [-0.15, -0.1) is 0 Å². The van der Waals surface area contributed by atoms with Crippen LogP contribution in [0.2, 0.25) is 0 Å². The Morgan fingerprint density at radius 2 is 1.23 bits per heavy atom. The summed E-state index contributed by atoms with van der Waals surface area (Å²) in [6.45, 7) is 8.54. The first kappa shape index (κ1) is 28.4. The van der Waals surface area contributed by atoms with Crippen LogP contribution >= 0.6 is 7.60 Å². The lowest BCUT2D eigenvalue weighted by atomic mass is 10.0. The third kappa shape index (κ3) is 14.9. The van der Waals surface area contributed by atoms with Gasteiger partial charge in [0, 0.05) is 0 Å². The van der Waals surface area contributed by atoms with Crippen molar-refractivity contribution in [3.05, 3.63) is 18.7 Å². The van der Waals surface area contributed by atoms with Gasteiger partial charge in [-0.05, 0) is 26.7 Å². The van der Waals surface area contributed by atoms with Crippen molar-refractivity contribution in [2.75, 3.05) is 19.4 Å². The normalized spacial score (nSPS) is 12.0. The van der Waals surface area contributed by atoms with Crippen molar-refractivity contribution in [3.8, 4) is 0 Å². The summed E-state index contributed by atoms with van der Waals surface area (Å²) in [6, 6.07) is 0. The van der Waals surface area contributed by atoms with E-state index in [0.717, 1.165) is 6.54 Å². The fraction of sp³-hybridized carbons (Fsp3) is 0.880. The van der Waals surface area contributed by atoms with Gasteiger partial charge >= 0.3 is 7.60 Å². The van der Waals surface area contributed by atoms with Gasteiger partial charge in [0.25, 0.3) is 0 Å². The van der Waals surface area contributed by atoms with E-state index >= 15 is 0 Å². The summed E-state index contributed by atoms with van der Waals surface area (Å²) in [7, 11) is -2.96. The standard InChI is InChI=1S/C25H50N2O3P/c1-4-7-8-9-10-11-12-13-14-15-16-17-18-19-20-26-21-22-27(25-26)23-24-31(28,29-5-2)30-6-3/h21-22,25H,4-20,23-24H2,1-3H3/q+1. The van der Waals surface area contributed by atoms with Crippen molar-refractivity contribution in [3.63, 3.8) is 0 Å². The van der Waals surface area contributed by atoms with E-state index in [-0.39, 0.29) is 0 Å². The Balaban J connectivity index is 2.00. The van der Waals surface area contributed by atoms with Gasteiger partial charge in [0.15, 0.2) is 0 Å². The van der Waals surface area contributed by atoms with Crippen LogP contribution in [0.4, 0.5) is 0 Å². The van der Waals surface area contributed by atoms with Crippen LogP contribution < -0.4 is 4.57 Å². The molecule has 0 saturated carbocycles. The first-order chi connectivity index (χ1) is 15.1. The Morgan fingerprint density at radius 3 is 1.71 bits per heavy atom. The number of imidazole rings is 1. The van der Waals surface area contributed by atoms with Crippen LogP contribution in [0.15, 0.2) is 18.7 Å². The second-order valence-electron chi connectivity index (χ2n) is 8.66. The minimum absolute atomic E-state index is 0.419. The molecule has 0 saturated heterocycles. The van der Waals surface area contributed by atoms with Crippen LogP contribution in [-0.2, 0) is 26.7 Å². The van der Waals surface area contributed by atoms with Crippen molar-refractivity contribution >= 4 is 7.60 Å². The van der Waals surface area contributed by atoms with E-state index in [1.54, 1.807) is 0 Å². The number of aryl methyl sites for hydroxylation is 2. The Kier molecular flexibility index (Phi) is 17.3. The SMILES string of the molecule is CCCCCCCCCCCCCCCC[n+]1ccn(CCP(=O)(OCC)OCC)c1. The lowest BCUT2D eigenvalue weighted by Crippen LogP contribution is -2.31. The molecule has 6 heteroatoms. The number of aromatic nitrogens is 2. The van der Waals surface area contributed by atoms with Crippen molar-refractivity contribution < 1.29 is 18.2 Å². The van der Waals surface area contributed by atoms with Crippen LogP contribution in [0.1, 0.15) is 111 Å². The van der Waals surface area contributed by atoms with Gasteiger partial charge in [0.1, 0.15) is 18.9 Å². The molecule has 1 aromatic heterocycles. The first-order valence-electron chi connectivity index (χ1n) is 13.1. The smallest absolute Gasteiger partial charge is 0.309 e. The minimum atomic E-state index is -2.96. The molecule has 0 bridgehead atoms. The summed E-state index contributed by atoms with van der Waals surface area (Å²) in [5.74, 6) is 0. The predicted molar refractivity (Wildman–Crippen MR) is 131 cm³/mol. The van der Waals surface area contributed by atoms with Gasteiger partial charge in [0.05, 0.1) is 25.9 Å². The van der Waals surface area contributed by atoms with E-state index in [2.05, 4.69) is 28.6 Å². The molecule has 0 atom stereocenters. The summed E-state index contributed by atoms with van der Waals surface area (Å²) in [6.07, 6.45) is 26.1. The highest BCUT2D eigenvalue weighted by Crippen LogP contribution is 2.47. The number of unbranched alkanes of at least 4 members (excludes halogenated alkanes) is 13. The lowest BCUT2D eigenvalue weighted by molar-refractivity contribution is -0.696. The van der Waals surface area contributed by atoms with Gasteiger partial charge in [-0.25, -0.2) is 9.13 Å². The van der Waals surface area contributed by atoms with Gasteiger partial charge in [-0.2, -0.15) is 0 Å². The summed E-state index contributed by atoms with van der Waals surface area (Å²) in [4.78, 5) is 0. The molecule has 0 spiro atoms. The fourth-order valence-electron chi connectivity index (χ4n) is 3.99. The third-order valence-corrected chi connectivity index (χ3v) is 7.85. The zero-order chi connectivity index (χ0) is 22.6. The molecule has 0 radical (unpaired) electrons. The van der Waals surface area contributed by atoms with Crippen LogP contribution in [0.25, 0.3) is 0 Å². The van der Waals surface area contributed by atoms with E-state index < -0.39 is 7.60 Å². The zero-order valence-electron chi connectivity index (χ0n) is 20.7. The monoisotopic (exact) mass is 457 g/mol. The summed E-state index contributed by atoms with van der Waals surface area (Å²) >= 11 is 0. The van der Waals surface area contributed by atoms with Crippen molar-refractivity contribution in [1.29, 1.82) is 0 Å². The number of rotatable bonds is 22. The molecule has 1 aromatic rings. The van der Waals surface area contributed by atoms with E-state index in [0.29, 0.717) is 25.9 Å². The summed E-state index contributed by atoms with van der Waals surface area (Å²) in [5.41, 5.74) is 0. The summed E-state index contributed by atoms with van der Waals surface area (Å²) < 4.78 is 27.6. The van der Waals surface area contributed by atoms with E-state index in [4.69, 9.17) is 9.05 Å². The van der Waals surface area contributed by atoms with Gasteiger partial charge in [-0.3, -0.25) is 4.57 Å². The topological polar surface area (TPSA) is 44.3 Å². The highest BCUT2D eigenvalue weighted by Gasteiger charge is 2.24. The predicted octanol–water partition coefficient (Wildman–Crippen LogP) is 7.52. The van der Waals surface area contributed by atoms with Gasteiger partial charge in [0.2, 0.25) is 6.33 Å². The maximum Gasteiger partial charge on any atom is 0.334 e. The molecule has 5 nitrogen and oxygen atoms in total. The van der Waals surface area contributed by atoms with Gasteiger partial charge in [-0.1, -0.05) is 84.0 Å². The maximum atomic E-state index is 12.5. The maximum absolute atomic E-state index is 12.5. The highest BCUT2D eigenvalue weighted by atomic mass is 31.2. The average molecular weight is 458 g/mol. The first-order valence-corrected chi connectivity index (χ1v) is 14.8. The number of nitrogens with zero attached hydrogens (tertiary/aromatic N) is 2. The van der Waals surface area contributed by atoms with Crippen molar-refractivity contribution in [2.45, 2.75) is 124 Å². The molecule has 0 fully saturated rings. The Morgan fingerprint density at radius 1 is 0.742 bits per heavy atom. The molecule has 0 aromatic carbocycles. The average Bonchev–Trinajstić information content (AvgIpc) is 3.21. The fourth-order valence-corrected chi connectivity index (χ4v) is 5.59. The van der Waals surface area contributed by atoms with Gasteiger partial charge < -0.3 is 9.05 Å². The molecule has 182 valence electrons. The Bertz CT molecular complexity index is 567. The molecule has 1 rings (SSSR count). The number of hydrogen-bond donors (Lipinski definition) is 0. The molecule has 0 unspecified atom stereocenters. The van der Waals surface area contributed by atoms with E-state index in [9.17, 15) is 4.57 Å².